The lowest BCUT2D eigenvalue weighted by atomic mass is 10.3. The summed E-state index contributed by atoms with van der Waals surface area (Å²) in [7, 11) is 0. The van der Waals surface area contributed by atoms with Crippen molar-refractivity contribution in [2.75, 3.05) is 30.8 Å². The van der Waals surface area contributed by atoms with E-state index in [1.54, 1.807) is 29.2 Å². The van der Waals surface area contributed by atoms with Crippen molar-refractivity contribution in [2.24, 2.45) is 0 Å². The van der Waals surface area contributed by atoms with Crippen LogP contribution in [-0.4, -0.2) is 47.5 Å². The average Bonchev–Trinajstić information content (AvgIpc) is 3.12. The average molecular weight is 400 g/mol. The largest absolute Gasteiger partial charge is 0.456 e. The van der Waals surface area contributed by atoms with Crippen molar-refractivity contribution >= 4 is 34.6 Å². The van der Waals surface area contributed by atoms with Crippen LogP contribution in [0.15, 0.2) is 54.6 Å². The number of benzene rings is 2. The van der Waals surface area contributed by atoms with Gasteiger partial charge in [-0.2, -0.15) is 0 Å². The number of carbonyl (C=O) groups is 3. The molecule has 1 fully saturated rings. The zero-order chi connectivity index (χ0) is 19.8. The summed E-state index contributed by atoms with van der Waals surface area (Å²) in [5.74, 6) is 0.878. The Kier molecular flexibility index (Phi) is 6.91. The summed E-state index contributed by atoms with van der Waals surface area (Å²) in [6, 6.07) is 16.2. The Hall–Kier alpha value is -3.00. The lowest BCUT2D eigenvalue weighted by molar-refractivity contribution is -0.147. The Bertz CT molecular complexity index is 843. The van der Waals surface area contributed by atoms with Gasteiger partial charge in [-0.25, -0.2) is 0 Å². The molecule has 2 aromatic carbocycles. The maximum Gasteiger partial charge on any atom is 0.308 e. The highest BCUT2D eigenvalue weighted by Crippen LogP contribution is 2.29. The summed E-state index contributed by atoms with van der Waals surface area (Å²) in [6.07, 6.45) is 0.0628. The fourth-order valence-electron chi connectivity index (χ4n) is 2.53. The molecule has 1 aliphatic heterocycles. The minimum atomic E-state index is -0.520. The van der Waals surface area contributed by atoms with Crippen molar-refractivity contribution in [2.45, 2.75) is 6.42 Å². The molecular weight excluding hydrogens is 380 g/mol. The SMILES string of the molecule is O=C(COC(=O)CCN1CCSC1=O)Nc1ccccc1Oc1ccccc1. The molecule has 0 aromatic heterocycles. The second-order valence-electron chi connectivity index (χ2n) is 5.97. The molecule has 0 bridgehead atoms. The van der Waals surface area contributed by atoms with E-state index >= 15 is 0 Å². The molecule has 0 unspecified atom stereocenters. The van der Waals surface area contributed by atoms with E-state index in [0.29, 0.717) is 30.3 Å². The van der Waals surface area contributed by atoms with Gasteiger partial charge < -0.3 is 19.7 Å². The Morgan fingerprint density at radius 3 is 2.57 bits per heavy atom. The van der Waals surface area contributed by atoms with Gasteiger partial charge in [0.25, 0.3) is 11.1 Å². The summed E-state index contributed by atoms with van der Waals surface area (Å²) in [4.78, 5) is 37.0. The number of hydrogen-bond acceptors (Lipinski definition) is 6. The first kappa shape index (κ1) is 19.8. The molecule has 0 saturated carbocycles. The number of esters is 1. The van der Waals surface area contributed by atoms with Crippen molar-refractivity contribution in [1.29, 1.82) is 0 Å². The normalized spacial score (nSPS) is 13.3. The van der Waals surface area contributed by atoms with E-state index in [2.05, 4.69) is 5.32 Å². The van der Waals surface area contributed by atoms with Crippen molar-refractivity contribution in [1.82, 2.24) is 4.90 Å². The third kappa shape index (κ3) is 5.75. The number of nitrogens with one attached hydrogen (secondary N) is 1. The Labute approximate surface area is 167 Å². The smallest absolute Gasteiger partial charge is 0.308 e. The molecule has 1 aliphatic rings. The van der Waals surface area contributed by atoms with Gasteiger partial charge in [0, 0.05) is 18.8 Å². The van der Waals surface area contributed by atoms with Gasteiger partial charge >= 0.3 is 5.97 Å². The van der Waals surface area contributed by atoms with Crippen molar-refractivity contribution in [3.8, 4) is 11.5 Å². The summed E-state index contributed by atoms with van der Waals surface area (Å²) in [6.45, 7) is 0.538. The van der Waals surface area contributed by atoms with Gasteiger partial charge in [0.2, 0.25) is 0 Å². The van der Waals surface area contributed by atoms with Gasteiger partial charge in [0.1, 0.15) is 5.75 Å². The molecule has 2 amide bonds. The van der Waals surface area contributed by atoms with Crippen molar-refractivity contribution < 1.29 is 23.9 Å². The van der Waals surface area contributed by atoms with Gasteiger partial charge in [-0.05, 0) is 24.3 Å². The van der Waals surface area contributed by atoms with Crippen LogP contribution in [0.2, 0.25) is 0 Å². The molecule has 7 nitrogen and oxygen atoms in total. The minimum Gasteiger partial charge on any atom is -0.456 e. The lowest BCUT2D eigenvalue weighted by Crippen LogP contribution is -2.27. The predicted octanol–water partition coefficient (Wildman–Crippen LogP) is 3.52. The van der Waals surface area contributed by atoms with Crippen LogP contribution in [0.4, 0.5) is 10.5 Å². The third-order valence-corrected chi connectivity index (χ3v) is 4.82. The van der Waals surface area contributed by atoms with Crippen LogP contribution < -0.4 is 10.1 Å². The van der Waals surface area contributed by atoms with E-state index in [0.717, 1.165) is 5.75 Å². The first-order chi connectivity index (χ1) is 13.6. The number of rotatable bonds is 8. The van der Waals surface area contributed by atoms with E-state index in [1.807, 2.05) is 30.3 Å². The fraction of sp³-hybridized carbons (Fsp3) is 0.250. The second kappa shape index (κ2) is 9.80. The van der Waals surface area contributed by atoms with Crippen LogP contribution in [0.3, 0.4) is 0 Å². The fourth-order valence-corrected chi connectivity index (χ4v) is 3.39. The number of hydrogen-bond donors (Lipinski definition) is 1. The molecule has 1 N–H and O–H groups in total. The number of ether oxygens (including phenoxy) is 2. The van der Waals surface area contributed by atoms with Crippen LogP contribution in [0.1, 0.15) is 6.42 Å². The van der Waals surface area contributed by atoms with Crippen LogP contribution in [-0.2, 0) is 14.3 Å². The minimum absolute atomic E-state index is 0.0273. The second-order valence-corrected chi connectivity index (χ2v) is 7.02. The van der Waals surface area contributed by atoms with Gasteiger partial charge in [-0.1, -0.05) is 42.1 Å². The zero-order valence-electron chi connectivity index (χ0n) is 15.1. The third-order valence-electron chi connectivity index (χ3n) is 3.93. The van der Waals surface area contributed by atoms with Crippen molar-refractivity contribution in [3.63, 3.8) is 0 Å². The molecule has 146 valence electrons. The molecule has 1 heterocycles. The molecule has 28 heavy (non-hydrogen) atoms. The maximum atomic E-state index is 12.1. The molecule has 3 rings (SSSR count). The van der Waals surface area contributed by atoms with E-state index in [4.69, 9.17) is 9.47 Å². The number of nitrogens with zero attached hydrogens (tertiary/aromatic N) is 1. The van der Waals surface area contributed by atoms with E-state index in [-0.39, 0.29) is 11.7 Å². The Morgan fingerprint density at radius 1 is 1.07 bits per heavy atom. The lowest BCUT2D eigenvalue weighted by Gasteiger charge is -2.14. The molecule has 0 atom stereocenters. The van der Waals surface area contributed by atoms with Gasteiger partial charge in [0.05, 0.1) is 12.1 Å². The molecule has 1 saturated heterocycles. The summed E-state index contributed by atoms with van der Waals surface area (Å²) in [5, 5.41) is 2.65. The van der Waals surface area contributed by atoms with Crippen LogP contribution in [0.25, 0.3) is 0 Å². The number of thioether (sulfide) groups is 1. The number of anilines is 1. The molecule has 0 aliphatic carbocycles. The monoisotopic (exact) mass is 400 g/mol. The Morgan fingerprint density at radius 2 is 1.82 bits per heavy atom. The molecule has 8 heteroatoms. The molecule has 2 aromatic rings. The van der Waals surface area contributed by atoms with Gasteiger partial charge in [0.15, 0.2) is 12.4 Å². The number of carbonyl (C=O) groups excluding carboxylic acids is 3. The van der Waals surface area contributed by atoms with Gasteiger partial charge in [-0.3, -0.25) is 14.4 Å². The summed E-state index contributed by atoms with van der Waals surface area (Å²) in [5.41, 5.74) is 0.479. The highest BCUT2D eigenvalue weighted by atomic mass is 32.2. The topological polar surface area (TPSA) is 84.9 Å². The highest BCUT2D eigenvalue weighted by Gasteiger charge is 2.21. The van der Waals surface area contributed by atoms with Crippen LogP contribution in [0, 0.1) is 0 Å². The number of para-hydroxylation sites is 3. The van der Waals surface area contributed by atoms with Crippen LogP contribution in [0.5, 0.6) is 11.5 Å². The highest BCUT2D eigenvalue weighted by molar-refractivity contribution is 8.13. The maximum absolute atomic E-state index is 12.1. The first-order valence-corrected chi connectivity index (χ1v) is 9.79. The summed E-state index contributed by atoms with van der Waals surface area (Å²) >= 11 is 1.24. The van der Waals surface area contributed by atoms with Crippen molar-refractivity contribution in [3.05, 3.63) is 54.6 Å². The predicted molar refractivity (Wildman–Crippen MR) is 107 cm³/mol. The van der Waals surface area contributed by atoms with Gasteiger partial charge in [-0.15, -0.1) is 0 Å². The quantitative estimate of drug-likeness (QED) is 0.683. The standard InChI is InChI=1S/C20H20N2O5S/c23-18(14-26-19(24)10-11-22-12-13-28-20(22)25)21-16-8-4-5-9-17(16)27-15-6-2-1-3-7-15/h1-9H,10-14H2,(H,21,23). The first-order valence-electron chi connectivity index (χ1n) is 8.81. The van der Waals surface area contributed by atoms with E-state index in [9.17, 15) is 14.4 Å². The zero-order valence-corrected chi connectivity index (χ0v) is 15.9. The molecule has 0 radical (unpaired) electrons. The van der Waals surface area contributed by atoms with Crippen LogP contribution >= 0.6 is 11.8 Å². The van der Waals surface area contributed by atoms with E-state index < -0.39 is 18.5 Å². The van der Waals surface area contributed by atoms with E-state index in [1.165, 1.54) is 11.8 Å². The molecule has 0 spiro atoms. The number of amides is 2. The molecular formula is C20H20N2O5S. The Balaban J connectivity index is 1.47. The summed E-state index contributed by atoms with van der Waals surface area (Å²) < 4.78 is 10.8.